The smallest absolute Gasteiger partial charge is 0.254 e. The molecule has 1 N–H and O–H groups in total. The van der Waals surface area contributed by atoms with Gasteiger partial charge in [-0.15, -0.1) is 0 Å². The highest BCUT2D eigenvalue weighted by atomic mass is 16.2. The molecule has 2 amide bonds. The zero-order valence-corrected chi connectivity index (χ0v) is 20.3. The Hall–Kier alpha value is -2.40. The van der Waals surface area contributed by atoms with Gasteiger partial charge in [0, 0.05) is 38.3 Å². The van der Waals surface area contributed by atoms with Crippen LogP contribution in [0.3, 0.4) is 0 Å². The molecule has 2 fully saturated rings. The number of nitrogens with zero attached hydrogens (tertiary/aromatic N) is 2. The molecule has 0 aromatic heterocycles. The highest BCUT2D eigenvalue weighted by Crippen LogP contribution is 2.24. The predicted octanol–water partition coefficient (Wildman–Crippen LogP) is 4.57. The Kier molecular flexibility index (Phi) is 8.02. The third-order valence-corrected chi connectivity index (χ3v) is 7.24. The molecule has 2 aliphatic rings. The standard InChI is InChI=1S/C28H39N3O2/c1-21-17-22(2)19-30(18-21)15-6-5-14-29-27(32)24-11-8-16-31(20-24)28(33)26-13-7-10-23-9-3-4-12-25(23)26/h3-4,7,9-10,12-13,21-22,24H,5-6,8,11,14-20H2,1-2H3,(H,29,32). The van der Waals surface area contributed by atoms with Crippen LogP contribution in [0.25, 0.3) is 10.8 Å². The second-order valence-electron chi connectivity index (χ2n) is 10.3. The van der Waals surface area contributed by atoms with E-state index >= 15 is 0 Å². The zero-order chi connectivity index (χ0) is 23.2. The Morgan fingerprint density at radius 1 is 0.970 bits per heavy atom. The lowest BCUT2D eigenvalue weighted by atomic mass is 9.92. The van der Waals surface area contributed by atoms with Crippen molar-refractivity contribution >= 4 is 22.6 Å². The van der Waals surface area contributed by atoms with Crippen LogP contribution in [0.2, 0.25) is 0 Å². The first-order valence-electron chi connectivity index (χ1n) is 12.8. The monoisotopic (exact) mass is 449 g/mol. The number of nitrogens with one attached hydrogen (secondary N) is 1. The number of amides is 2. The van der Waals surface area contributed by atoms with Crippen LogP contribution in [-0.4, -0.2) is 60.9 Å². The molecule has 178 valence electrons. The zero-order valence-electron chi connectivity index (χ0n) is 20.3. The summed E-state index contributed by atoms with van der Waals surface area (Å²) in [5.74, 6) is 1.61. The SMILES string of the molecule is CC1CC(C)CN(CCCCNC(=O)C2CCCN(C(=O)c3cccc4ccccc34)C2)C1. The third-order valence-electron chi connectivity index (χ3n) is 7.24. The number of piperidine rings is 2. The van der Waals surface area contributed by atoms with Crippen LogP contribution in [-0.2, 0) is 4.79 Å². The van der Waals surface area contributed by atoms with Crippen molar-refractivity contribution in [2.45, 2.75) is 46.0 Å². The number of carbonyl (C=O) groups excluding carboxylic acids is 2. The Morgan fingerprint density at radius 2 is 1.73 bits per heavy atom. The minimum absolute atomic E-state index is 0.0364. The van der Waals surface area contributed by atoms with Gasteiger partial charge in [0.1, 0.15) is 0 Å². The minimum atomic E-state index is -0.110. The van der Waals surface area contributed by atoms with Gasteiger partial charge in [-0.3, -0.25) is 9.59 Å². The van der Waals surface area contributed by atoms with E-state index in [9.17, 15) is 9.59 Å². The molecule has 2 aromatic carbocycles. The van der Waals surface area contributed by atoms with Crippen molar-refractivity contribution in [1.29, 1.82) is 0 Å². The molecule has 2 aliphatic heterocycles. The number of carbonyl (C=O) groups is 2. The summed E-state index contributed by atoms with van der Waals surface area (Å²) in [4.78, 5) is 30.5. The number of fused-ring (bicyclic) bond motifs is 1. The van der Waals surface area contributed by atoms with E-state index < -0.39 is 0 Å². The van der Waals surface area contributed by atoms with Gasteiger partial charge >= 0.3 is 0 Å². The van der Waals surface area contributed by atoms with Gasteiger partial charge in [-0.1, -0.05) is 50.2 Å². The number of hydrogen-bond acceptors (Lipinski definition) is 3. The molecule has 0 saturated carbocycles. The number of rotatable bonds is 7. The van der Waals surface area contributed by atoms with Crippen molar-refractivity contribution in [2.75, 3.05) is 39.3 Å². The molecule has 0 spiro atoms. The number of unbranched alkanes of at least 4 members (excludes halogenated alkanes) is 1. The molecular weight excluding hydrogens is 410 g/mol. The molecule has 2 aromatic rings. The lowest BCUT2D eigenvalue weighted by Gasteiger charge is -2.35. The fourth-order valence-corrected chi connectivity index (χ4v) is 5.75. The molecule has 0 radical (unpaired) electrons. The van der Waals surface area contributed by atoms with Crippen LogP contribution in [0.5, 0.6) is 0 Å². The summed E-state index contributed by atoms with van der Waals surface area (Å²) in [6.07, 6.45) is 5.20. The van der Waals surface area contributed by atoms with Gasteiger partial charge in [0.2, 0.25) is 5.91 Å². The fourth-order valence-electron chi connectivity index (χ4n) is 5.75. The van der Waals surface area contributed by atoms with E-state index in [1.54, 1.807) is 0 Å². The molecule has 33 heavy (non-hydrogen) atoms. The first-order valence-corrected chi connectivity index (χ1v) is 12.8. The van der Waals surface area contributed by atoms with Gasteiger partial charge in [-0.25, -0.2) is 0 Å². The summed E-state index contributed by atoms with van der Waals surface area (Å²) in [5, 5.41) is 5.19. The van der Waals surface area contributed by atoms with E-state index in [2.05, 4.69) is 24.1 Å². The van der Waals surface area contributed by atoms with Gasteiger partial charge in [-0.2, -0.15) is 0 Å². The van der Waals surface area contributed by atoms with Gasteiger partial charge in [0.25, 0.3) is 5.91 Å². The van der Waals surface area contributed by atoms with E-state index in [1.807, 2.05) is 47.4 Å². The predicted molar refractivity (Wildman–Crippen MR) is 134 cm³/mol. The first-order chi connectivity index (χ1) is 16.0. The second-order valence-corrected chi connectivity index (χ2v) is 10.3. The number of likely N-dealkylation sites (tertiary alicyclic amines) is 2. The average Bonchev–Trinajstić information content (AvgIpc) is 2.82. The molecule has 2 heterocycles. The largest absolute Gasteiger partial charge is 0.356 e. The summed E-state index contributed by atoms with van der Waals surface area (Å²) >= 11 is 0. The van der Waals surface area contributed by atoms with E-state index in [0.29, 0.717) is 6.54 Å². The Bertz CT molecular complexity index is 944. The van der Waals surface area contributed by atoms with Crippen molar-refractivity contribution in [1.82, 2.24) is 15.1 Å². The Morgan fingerprint density at radius 3 is 2.55 bits per heavy atom. The molecule has 5 nitrogen and oxygen atoms in total. The Labute approximate surface area is 198 Å². The average molecular weight is 450 g/mol. The van der Waals surface area contributed by atoms with Crippen molar-refractivity contribution in [3.05, 3.63) is 48.0 Å². The lowest BCUT2D eigenvalue weighted by Crippen LogP contribution is -2.45. The van der Waals surface area contributed by atoms with Gasteiger partial charge in [0.05, 0.1) is 5.92 Å². The molecule has 2 saturated heterocycles. The van der Waals surface area contributed by atoms with Crippen molar-refractivity contribution < 1.29 is 9.59 Å². The third kappa shape index (κ3) is 6.14. The highest BCUT2D eigenvalue weighted by Gasteiger charge is 2.29. The van der Waals surface area contributed by atoms with Gasteiger partial charge < -0.3 is 15.1 Å². The van der Waals surface area contributed by atoms with Crippen molar-refractivity contribution in [3.8, 4) is 0 Å². The maximum absolute atomic E-state index is 13.3. The fraction of sp³-hybridized carbons (Fsp3) is 0.571. The van der Waals surface area contributed by atoms with Crippen LogP contribution < -0.4 is 5.32 Å². The van der Waals surface area contributed by atoms with Crippen LogP contribution in [0.4, 0.5) is 0 Å². The number of hydrogen-bond donors (Lipinski definition) is 1. The molecule has 4 rings (SSSR count). The van der Waals surface area contributed by atoms with Crippen LogP contribution in [0.15, 0.2) is 42.5 Å². The van der Waals surface area contributed by atoms with E-state index in [-0.39, 0.29) is 17.7 Å². The molecule has 3 atom stereocenters. The summed E-state index contributed by atoms with van der Waals surface area (Å²) in [7, 11) is 0. The summed E-state index contributed by atoms with van der Waals surface area (Å²) in [6, 6.07) is 13.9. The summed E-state index contributed by atoms with van der Waals surface area (Å²) in [6.45, 7) is 10.2. The normalized spacial score (nSPS) is 24.1. The van der Waals surface area contributed by atoms with Crippen LogP contribution >= 0.6 is 0 Å². The maximum atomic E-state index is 13.3. The Balaban J connectivity index is 1.23. The van der Waals surface area contributed by atoms with Crippen LogP contribution in [0, 0.1) is 17.8 Å². The van der Waals surface area contributed by atoms with E-state index in [4.69, 9.17) is 0 Å². The van der Waals surface area contributed by atoms with E-state index in [1.165, 1.54) is 19.5 Å². The second kappa shape index (κ2) is 11.1. The van der Waals surface area contributed by atoms with Crippen LogP contribution in [0.1, 0.15) is 56.3 Å². The molecule has 0 aliphatic carbocycles. The maximum Gasteiger partial charge on any atom is 0.254 e. The molecular formula is C28H39N3O2. The molecule has 0 bridgehead atoms. The molecule has 3 unspecified atom stereocenters. The van der Waals surface area contributed by atoms with Crippen molar-refractivity contribution in [3.63, 3.8) is 0 Å². The van der Waals surface area contributed by atoms with E-state index in [0.717, 1.165) is 73.5 Å². The quantitative estimate of drug-likeness (QED) is 0.630. The van der Waals surface area contributed by atoms with Gasteiger partial charge in [0.15, 0.2) is 0 Å². The minimum Gasteiger partial charge on any atom is -0.356 e. The first kappa shape index (κ1) is 23.7. The van der Waals surface area contributed by atoms with Crippen molar-refractivity contribution in [2.24, 2.45) is 17.8 Å². The number of benzene rings is 2. The summed E-state index contributed by atoms with van der Waals surface area (Å²) < 4.78 is 0. The topological polar surface area (TPSA) is 52.7 Å². The lowest BCUT2D eigenvalue weighted by molar-refractivity contribution is -0.126. The van der Waals surface area contributed by atoms with Gasteiger partial charge in [-0.05, 0) is 67.3 Å². The molecule has 5 heteroatoms. The highest BCUT2D eigenvalue weighted by molar-refractivity contribution is 6.07. The summed E-state index contributed by atoms with van der Waals surface area (Å²) in [5.41, 5.74) is 0.732.